The summed E-state index contributed by atoms with van der Waals surface area (Å²) >= 11 is 0. The van der Waals surface area contributed by atoms with E-state index in [4.69, 9.17) is 0 Å². The lowest BCUT2D eigenvalue weighted by atomic mass is 10.0. The molecule has 0 aromatic heterocycles. The summed E-state index contributed by atoms with van der Waals surface area (Å²) in [5, 5.41) is 3.15. The fourth-order valence-electron chi connectivity index (χ4n) is 4.15. The number of benzene rings is 1. The number of hydrogen-bond acceptors (Lipinski definition) is 3. The van der Waals surface area contributed by atoms with Crippen molar-refractivity contribution in [1.82, 2.24) is 9.80 Å². The van der Waals surface area contributed by atoms with Crippen molar-refractivity contribution >= 4 is 11.6 Å². The Morgan fingerprint density at radius 2 is 1.67 bits per heavy atom. The third-order valence-corrected chi connectivity index (χ3v) is 5.81. The van der Waals surface area contributed by atoms with Gasteiger partial charge in [0.2, 0.25) is 5.91 Å². The predicted octanol–water partition coefficient (Wildman–Crippen LogP) is 3.19. The van der Waals surface area contributed by atoms with E-state index in [1.54, 1.807) is 0 Å². The van der Waals surface area contributed by atoms with Gasteiger partial charge < -0.3 is 10.2 Å². The second-order valence-electron chi connectivity index (χ2n) is 7.44. The summed E-state index contributed by atoms with van der Waals surface area (Å²) in [6, 6.07) is 6.80. The van der Waals surface area contributed by atoms with Crippen molar-refractivity contribution in [1.29, 1.82) is 0 Å². The Labute approximate surface area is 146 Å². The molecule has 2 aliphatic heterocycles. The summed E-state index contributed by atoms with van der Waals surface area (Å²) in [5.74, 6) is 0.118. The van der Waals surface area contributed by atoms with Crippen LogP contribution >= 0.6 is 0 Å². The molecule has 1 aromatic carbocycles. The molecular formula is C20H31N3O. The average molecular weight is 329 g/mol. The summed E-state index contributed by atoms with van der Waals surface area (Å²) in [6.45, 7) is 10.7. The number of nitrogens with zero attached hydrogens (tertiary/aromatic N) is 2. The van der Waals surface area contributed by atoms with Crippen LogP contribution in [0.1, 0.15) is 43.7 Å². The molecule has 0 aliphatic carbocycles. The number of nitrogens with one attached hydrogen (secondary N) is 1. The zero-order valence-corrected chi connectivity index (χ0v) is 15.3. The molecule has 0 bridgehead atoms. The Hall–Kier alpha value is -1.39. The lowest BCUT2D eigenvalue weighted by Crippen LogP contribution is -2.50. The first-order chi connectivity index (χ1) is 11.6. The molecule has 1 N–H and O–H groups in total. The largest absolute Gasteiger partial charge is 0.324 e. The van der Waals surface area contributed by atoms with Crippen molar-refractivity contribution in [3.05, 3.63) is 29.3 Å². The number of piperidine rings is 1. The highest BCUT2D eigenvalue weighted by molar-refractivity contribution is 5.95. The first-order valence-corrected chi connectivity index (χ1v) is 9.41. The zero-order valence-electron chi connectivity index (χ0n) is 15.3. The van der Waals surface area contributed by atoms with E-state index in [9.17, 15) is 4.79 Å². The van der Waals surface area contributed by atoms with Crippen molar-refractivity contribution in [2.24, 2.45) is 0 Å². The van der Waals surface area contributed by atoms with E-state index in [1.807, 2.05) is 13.0 Å². The molecule has 0 radical (unpaired) electrons. The Balaban J connectivity index is 1.54. The van der Waals surface area contributed by atoms with Crippen LogP contribution in [-0.4, -0.2) is 54.0 Å². The molecule has 132 valence electrons. The number of aryl methyl sites for hydroxylation is 2. The molecule has 1 atom stereocenters. The van der Waals surface area contributed by atoms with Gasteiger partial charge in [-0.2, -0.15) is 0 Å². The summed E-state index contributed by atoms with van der Waals surface area (Å²) < 4.78 is 0. The molecule has 24 heavy (non-hydrogen) atoms. The third kappa shape index (κ3) is 3.81. The molecule has 2 aliphatic rings. The molecular weight excluding hydrogens is 298 g/mol. The zero-order chi connectivity index (χ0) is 17.1. The van der Waals surface area contributed by atoms with Crippen LogP contribution in [0.2, 0.25) is 0 Å². The molecule has 1 unspecified atom stereocenters. The average Bonchev–Trinajstić information content (AvgIpc) is 3.12. The van der Waals surface area contributed by atoms with Crippen LogP contribution in [-0.2, 0) is 4.79 Å². The molecule has 2 fully saturated rings. The maximum atomic E-state index is 12.7. The molecule has 0 spiro atoms. The lowest BCUT2D eigenvalue weighted by molar-refractivity contribution is -0.121. The van der Waals surface area contributed by atoms with Crippen molar-refractivity contribution < 1.29 is 4.79 Å². The molecule has 2 heterocycles. The van der Waals surface area contributed by atoms with Crippen LogP contribution in [0.3, 0.4) is 0 Å². The van der Waals surface area contributed by atoms with Gasteiger partial charge >= 0.3 is 0 Å². The van der Waals surface area contributed by atoms with Crippen LogP contribution in [0.15, 0.2) is 18.2 Å². The fourth-order valence-corrected chi connectivity index (χ4v) is 4.15. The number of likely N-dealkylation sites (tertiary alicyclic amines) is 2. The third-order valence-electron chi connectivity index (χ3n) is 5.81. The van der Waals surface area contributed by atoms with Crippen LogP contribution in [0.4, 0.5) is 5.69 Å². The van der Waals surface area contributed by atoms with Crippen molar-refractivity contribution in [3.8, 4) is 0 Å². The number of amides is 1. The normalized spacial score (nSPS) is 21.8. The van der Waals surface area contributed by atoms with Gasteiger partial charge in [0.15, 0.2) is 0 Å². The summed E-state index contributed by atoms with van der Waals surface area (Å²) in [7, 11) is 0. The van der Waals surface area contributed by atoms with E-state index in [0.717, 1.165) is 35.9 Å². The highest BCUT2D eigenvalue weighted by Gasteiger charge is 2.30. The number of carbonyl (C=O) groups excluding carboxylic acids is 1. The monoisotopic (exact) mass is 329 g/mol. The molecule has 1 amide bonds. The number of hydrogen-bond donors (Lipinski definition) is 1. The van der Waals surface area contributed by atoms with Crippen molar-refractivity contribution in [2.75, 3.05) is 31.5 Å². The van der Waals surface area contributed by atoms with Crippen LogP contribution in [0.25, 0.3) is 0 Å². The standard InChI is InChI=1S/C20H31N3O/c1-15-7-6-8-16(2)19(15)21-20(24)17(3)22-13-9-18(10-14-22)23-11-4-5-12-23/h6-8,17-18H,4-5,9-14H2,1-3H3,(H,21,24). The van der Waals surface area contributed by atoms with E-state index in [2.05, 4.69) is 41.1 Å². The second kappa shape index (κ2) is 7.66. The molecule has 0 saturated carbocycles. The van der Waals surface area contributed by atoms with E-state index < -0.39 is 0 Å². The molecule has 3 rings (SSSR count). The Bertz CT molecular complexity index is 552. The van der Waals surface area contributed by atoms with Gasteiger partial charge in [-0.15, -0.1) is 0 Å². The number of anilines is 1. The van der Waals surface area contributed by atoms with E-state index in [1.165, 1.54) is 38.8 Å². The summed E-state index contributed by atoms with van der Waals surface area (Å²) in [4.78, 5) is 17.7. The van der Waals surface area contributed by atoms with Gasteiger partial charge in [0.05, 0.1) is 6.04 Å². The van der Waals surface area contributed by atoms with Crippen LogP contribution in [0.5, 0.6) is 0 Å². The highest BCUT2D eigenvalue weighted by Crippen LogP contribution is 2.23. The van der Waals surface area contributed by atoms with Gasteiger partial charge in [0.1, 0.15) is 0 Å². The molecule has 4 nitrogen and oxygen atoms in total. The predicted molar refractivity (Wildman–Crippen MR) is 99.4 cm³/mol. The minimum Gasteiger partial charge on any atom is -0.324 e. The second-order valence-corrected chi connectivity index (χ2v) is 7.44. The maximum absolute atomic E-state index is 12.7. The Kier molecular flexibility index (Phi) is 5.57. The van der Waals surface area contributed by atoms with Gasteiger partial charge in [0.25, 0.3) is 0 Å². The molecule has 2 saturated heterocycles. The lowest BCUT2D eigenvalue weighted by Gasteiger charge is -2.38. The first kappa shape index (κ1) is 17.4. The summed E-state index contributed by atoms with van der Waals surface area (Å²) in [5.41, 5.74) is 3.23. The van der Waals surface area contributed by atoms with Crippen LogP contribution in [0, 0.1) is 13.8 Å². The fraction of sp³-hybridized carbons (Fsp3) is 0.650. The van der Waals surface area contributed by atoms with Gasteiger partial charge in [0, 0.05) is 24.8 Å². The number of rotatable bonds is 4. The number of carbonyl (C=O) groups is 1. The highest BCUT2D eigenvalue weighted by atomic mass is 16.2. The van der Waals surface area contributed by atoms with Gasteiger partial charge in [-0.1, -0.05) is 18.2 Å². The molecule has 4 heteroatoms. The van der Waals surface area contributed by atoms with E-state index >= 15 is 0 Å². The SMILES string of the molecule is Cc1cccc(C)c1NC(=O)C(C)N1CCC(N2CCCC2)CC1. The van der Waals surface area contributed by atoms with Gasteiger partial charge in [-0.25, -0.2) is 0 Å². The van der Waals surface area contributed by atoms with Gasteiger partial charge in [-0.3, -0.25) is 9.69 Å². The molecule has 1 aromatic rings. The quantitative estimate of drug-likeness (QED) is 0.921. The minimum absolute atomic E-state index is 0.0662. The summed E-state index contributed by atoms with van der Waals surface area (Å²) in [6.07, 6.45) is 5.10. The van der Waals surface area contributed by atoms with E-state index in [-0.39, 0.29) is 11.9 Å². The minimum atomic E-state index is -0.0662. The van der Waals surface area contributed by atoms with Crippen molar-refractivity contribution in [2.45, 2.75) is 58.5 Å². The first-order valence-electron chi connectivity index (χ1n) is 9.41. The van der Waals surface area contributed by atoms with Gasteiger partial charge in [-0.05, 0) is 70.7 Å². The number of para-hydroxylation sites is 1. The van der Waals surface area contributed by atoms with Crippen molar-refractivity contribution in [3.63, 3.8) is 0 Å². The smallest absolute Gasteiger partial charge is 0.241 e. The Morgan fingerprint density at radius 3 is 2.25 bits per heavy atom. The van der Waals surface area contributed by atoms with E-state index in [0.29, 0.717) is 0 Å². The maximum Gasteiger partial charge on any atom is 0.241 e. The topological polar surface area (TPSA) is 35.6 Å². The Morgan fingerprint density at radius 1 is 1.08 bits per heavy atom. The van der Waals surface area contributed by atoms with Crippen LogP contribution < -0.4 is 5.32 Å².